The highest BCUT2D eigenvalue weighted by molar-refractivity contribution is 6.28. The van der Waals surface area contributed by atoms with E-state index in [2.05, 4.69) is 20.2 Å². The van der Waals surface area contributed by atoms with Gasteiger partial charge in [0.15, 0.2) is 5.65 Å². The van der Waals surface area contributed by atoms with Crippen LogP contribution in [0.3, 0.4) is 0 Å². The third-order valence-electron chi connectivity index (χ3n) is 3.47. The number of aromatic nitrogens is 4. The zero-order valence-corrected chi connectivity index (χ0v) is 14.1. The van der Waals surface area contributed by atoms with Gasteiger partial charge in [0, 0.05) is 26.2 Å². The molecule has 0 N–H and O–H groups in total. The summed E-state index contributed by atoms with van der Waals surface area (Å²) in [4.78, 5) is 15.9. The second kappa shape index (κ2) is 5.84. The van der Waals surface area contributed by atoms with E-state index in [1.54, 1.807) is 4.90 Å². The van der Waals surface area contributed by atoms with Crippen molar-refractivity contribution in [1.82, 2.24) is 24.7 Å². The number of hydrogen-bond acceptors (Lipinski definition) is 6. The Morgan fingerprint density at radius 2 is 1.87 bits per heavy atom. The van der Waals surface area contributed by atoms with Gasteiger partial charge < -0.3 is 14.5 Å². The Morgan fingerprint density at radius 3 is 2.52 bits per heavy atom. The molecule has 0 saturated carbocycles. The molecule has 0 spiro atoms. The summed E-state index contributed by atoms with van der Waals surface area (Å²) in [5, 5.41) is 12.4. The van der Waals surface area contributed by atoms with Crippen molar-refractivity contribution in [3.8, 4) is 0 Å². The van der Waals surface area contributed by atoms with E-state index in [0.29, 0.717) is 31.8 Å². The van der Waals surface area contributed by atoms with Gasteiger partial charge in [-0.15, -0.1) is 15.3 Å². The molecule has 1 aliphatic rings. The number of carbonyl (C=O) groups is 1. The highest BCUT2D eigenvalue weighted by atomic mass is 35.5. The molecule has 3 rings (SSSR count). The van der Waals surface area contributed by atoms with E-state index in [-0.39, 0.29) is 11.4 Å². The van der Waals surface area contributed by atoms with Crippen LogP contribution in [-0.4, -0.2) is 62.6 Å². The molecule has 8 nitrogen and oxygen atoms in total. The zero-order valence-electron chi connectivity index (χ0n) is 13.4. The van der Waals surface area contributed by atoms with Crippen LogP contribution >= 0.6 is 11.6 Å². The van der Waals surface area contributed by atoms with Crippen LogP contribution in [0.1, 0.15) is 20.8 Å². The van der Waals surface area contributed by atoms with Gasteiger partial charge in [-0.3, -0.25) is 0 Å². The summed E-state index contributed by atoms with van der Waals surface area (Å²) in [6, 6.07) is 3.70. The van der Waals surface area contributed by atoms with Crippen molar-refractivity contribution in [3.05, 3.63) is 17.4 Å². The molecule has 0 radical (unpaired) electrons. The minimum absolute atomic E-state index is 0.231. The quantitative estimate of drug-likeness (QED) is 0.789. The number of hydrogen-bond donors (Lipinski definition) is 0. The predicted molar refractivity (Wildman–Crippen MR) is 85.8 cm³/mol. The molecule has 3 heterocycles. The molecule has 124 valence electrons. The SMILES string of the molecule is CC(C)(C)OC(=O)N1CCN(c2ccc3nnc(Cl)n3n2)CC1. The lowest BCUT2D eigenvalue weighted by atomic mass is 10.2. The highest BCUT2D eigenvalue weighted by Gasteiger charge is 2.26. The molecule has 0 unspecified atom stereocenters. The van der Waals surface area contributed by atoms with Gasteiger partial charge in [-0.1, -0.05) is 0 Å². The van der Waals surface area contributed by atoms with Gasteiger partial charge in [-0.25, -0.2) is 4.79 Å². The van der Waals surface area contributed by atoms with E-state index in [1.807, 2.05) is 32.9 Å². The molecule has 0 aliphatic carbocycles. The molecule has 0 atom stereocenters. The molecule has 1 aliphatic heterocycles. The van der Waals surface area contributed by atoms with Gasteiger partial charge in [-0.05, 0) is 44.5 Å². The molecule has 23 heavy (non-hydrogen) atoms. The fourth-order valence-electron chi connectivity index (χ4n) is 2.37. The topological polar surface area (TPSA) is 75.9 Å². The van der Waals surface area contributed by atoms with Crippen LogP contribution < -0.4 is 4.90 Å². The largest absolute Gasteiger partial charge is 0.444 e. The number of nitrogens with zero attached hydrogens (tertiary/aromatic N) is 6. The third kappa shape index (κ3) is 3.47. The molecule has 2 aromatic rings. The Bertz CT molecular complexity index is 718. The molecule has 0 aromatic carbocycles. The maximum Gasteiger partial charge on any atom is 0.410 e. The van der Waals surface area contributed by atoms with Crippen molar-refractivity contribution in [2.75, 3.05) is 31.1 Å². The first-order valence-electron chi connectivity index (χ1n) is 7.44. The van der Waals surface area contributed by atoms with Crippen LogP contribution in [0.15, 0.2) is 12.1 Å². The first-order valence-corrected chi connectivity index (χ1v) is 7.82. The van der Waals surface area contributed by atoms with Gasteiger partial charge in [-0.2, -0.15) is 4.52 Å². The van der Waals surface area contributed by atoms with Crippen LogP contribution in [-0.2, 0) is 4.74 Å². The number of anilines is 1. The summed E-state index contributed by atoms with van der Waals surface area (Å²) < 4.78 is 6.89. The Kier molecular flexibility index (Phi) is 4.01. The number of amides is 1. The van der Waals surface area contributed by atoms with E-state index < -0.39 is 5.60 Å². The van der Waals surface area contributed by atoms with Gasteiger partial charge in [0.05, 0.1) is 0 Å². The fourth-order valence-corrected chi connectivity index (χ4v) is 2.53. The molecular formula is C14H19ClN6O2. The summed E-state index contributed by atoms with van der Waals surface area (Å²) in [5.74, 6) is 0.781. The van der Waals surface area contributed by atoms with E-state index in [1.165, 1.54) is 4.52 Å². The molecule has 2 aromatic heterocycles. The zero-order chi connectivity index (χ0) is 16.6. The van der Waals surface area contributed by atoms with Crippen molar-refractivity contribution in [2.24, 2.45) is 0 Å². The predicted octanol–water partition coefficient (Wildman–Crippen LogP) is 1.83. The lowest BCUT2D eigenvalue weighted by Crippen LogP contribution is -2.50. The maximum atomic E-state index is 12.1. The molecule has 9 heteroatoms. The first kappa shape index (κ1) is 15.8. The standard InChI is InChI=1S/C14H19ClN6O2/c1-14(2,3)23-13(22)20-8-6-19(7-9-20)11-5-4-10-16-17-12(15)21(10)18-11/h4-5H,6-9H2,1-3H3. The Hall–Kier alpha value is -2.09. The second-order valence-corrected chi connectivity index (χ2v) is 6.72. The molecular weight excluding hydrogens is 320 g/mol. The highest BCUT2D eigenvalue weighted by Crippen LogP contribution is 2.17. The summed E-state index contributed by atoms with van der Waals surface area (Å²) in [6.45, 7) is 8.12. The van der Waals surface area contributed by atoms with Crippen molar-refractivity contribution in [1.29, 1.82) is 0 Å². The Morgan fingerprint density at radius 1 is 1.17 bits per heavy atom. The van der Waals surface area contributed by atoms with Gasteiger partial charge in [0.2, 0.25) is 5.28 Å². The summed E-state index contributed by atoms with van der Waals surface area (Å²) in [6.07, 6.45) is -0.276. The number of ether oxygens (including phenoxy) is 1. The number of rotatable bonds is 1. The molecule has 1 fully saturated rings. The van der Waals surface area contributed by atoms with Gasteiger partial charge >= 0.3 is 6.09 Å². The maximum absolute atomic E-state index is 12.1. The molecule has 1 saturated heterocycles. The average molecular weight is 339 g/mol. The van der Waals surface area contributed by atoms with Crippen LogP contribution in [0.5, 0.6) is 0 Å². The molecule has 0 bridgehead atoms. The van der Waals surface area contributed by atoms with E-state index >= 15 is 0 Å². The lowest BCUT2D eigenvalue weighted by Gasteiger charge is -2.36. The normalized spacial score (nSPS) is 16.0. The third-order valence-corrected chi connectivity index (χ3v) is 3.70. The average Bonchev–Trinajstić information content (AvgIpc) is 2.87. The minimum Gasteiger partial charge on any atom is -0.444 e. The van der Waals surface area contributed by atoms with Crippen LogP contribution in [0.25, 0.3) is 5.65 Å². The number of halogens is 1. The minimum atomic E-state index is -0.480. The fraction of sp³-hybridized carbons (Fsp3) is 0.571. The van der Waals surface area contributed by atoms with E-state index in [0.717, 1.165) is 5.82 Å². The lowest BCUT2D eigenvalue weighted by molar-refractivity contribution is 0.0240. The van der Waals surface area contributed by atoms with E-state index in [4.69, 9.17) is 16.3 Å². The number of carbonyl (C=O) groups excluding carboxylic acids is 1. The number of fused-ring (bicyclic) bond motifs is 1. The second-order valence-electron chi connectivity index (χ2n) is 6.39. The summed E-state index contributed by atoms with van der Waals surface area (Å²) in [5.41, 5.74) is 0.123. The smallest absolute Gasteiger partial charge is 0.410 e. The molecule has 1 amide bonds. The van der Waals surface area contributed by atoms with Gasteiger partial charge in [0.1, 0.15) is 11.4 Å². The van der Waals surface area contributed by atoms with E-state index in [9.17, 15) is 4.79 Å². The number of piperazine rings is 1. The van der Waals surface area contributed by atoms with Gasteiger partial charge in [0.25, 0.3) is 0 Å². The van der Waals surface area contributed by atoms with Crippen molar-refractivity contribution >= 4 is 29.2 Å². The van der Waals surface area contributed by atoms with Crippen LogP contribution in [0.2, 0.25) is 5.28 Å². The first-order chi connectivity index (χ1) is 10.8. The monoisotopic (exact) mass is 338 g/mol. The Balaban J connectivity index is 1.66. The summed E-state index contributed by atoms with van der Waals surface area (Å²) in [7, 11) is 0. The summed E-state index contributed by atoms with van der Waals surface area (Å²) >= 11 is 5.95. The van der Waals surface area contributed by atoms with Crippen LogP contribution in [0, 0.1) is 0 Å². The van der Waals surface area contributed by atoms with Crippen LogP contribution in [0.4, 0.5) is 10.6 Å². The van der Waals surface area contributed by atoms with Crippen molar-refractivity contribution in [2.45, 2.75) is 26.4 Å². The van der Waals surface area contributed by atoms with Crippen molar-refractivity contribution < 1.29 is 9.53 Å². The van der Waals surface area contributed by atoms with Crippen molar-refractivity contribution in [3.63, 3.8) is 0 Å². The Labute approximate surface area is 139 Å².